The number of ether oxygens (including phenoxy) is 1. The highest BCUT2D eigenvalue weighted by Gasteiger charge is 2.23. The zero-order chi connectivity index (χ0) is 16.5. The van der Waals surface area contributed by atoms with Crippen molar-refractivity contribution >= 4 is 34.3 Å². The molecule has 1 unspecified atom stereocenters. The van der Waals surface area contributed by atoms with E-state index in [1.54, 1.807) is 18.2 Å². The Bertz CT molecular complexity index is 883. The van der Waals surface area contributed by atoms with Crippen molar-refractivity contribution in [3.05, 3.63) is 47.5 Å². The summed E-state index contributed by atoms with van der Waals surface area (Å²) in [6, 6.07) is 12.7. The number of carbonyl (C=O) groups excluding carboxylic acids is 1. The van der Waals surface area contributed by atoms with E-state index in [0.29, 0.717) is 29.7 Å². The van der Waals surface area contributed by atoms with Crippen molar-refractivity contribution in [1.29, 1.82) is 0 Å². The number of anilines is 1. The Morgan fingerprint density at radius 1 is 1.21 bits per heavy atom. The molecule has 0 radical (unpaired) electrons. The molecule has 6 heteroatoms. The molecule has 2 heterocycles. The minimum Gasteiger partial charge on any atom is -0.436 e. The van der Waals surface area contributed by atoms with E-state index in [9.17, 15) is 4.79 Å². The molecule has 4 rings (SSSR count). The lowest BCUT2D eigenvalue weighted by atomic mass is 10.1. The van der Waals surface area contributed by atoms with Crippen molar-refractivity contribution in [2.75, 3.05) is 18.5 Å². The summed E-state index contributed by atoms with van der Waals surface area (Å²) in [7, 11) is 0. The number of hydrogen-bond acceptors (Lipinski definition) is 4. The van der Waals surface area contributed by atoms with Gasteiger partial charge in [0.05, 0.1) is 12.5 Å². The molecule has 0 saturated carbocycles. The first-order valence-electron chi connectivity index (χ1n) is 7.74. The highest BCUT2D eigenvalue weighted by molar-refractivity contribution is 6.31. The summed E-state index contributed by atoms with van der Waals surface area (Å²) in [4.78, 5) is 16.5. The molecule has 5 nitrogen and oxygen atoms in total. The molecule has 1 aliphatic heterocycles. The van der Waals surface area contributed by atoms with Crippen molar-refractivity contribution in [2.45, 2.75) is 6.42 Å². The van der Waals surface area contributed by atoms with E-state index in [1.165, 1.54) is 0 Å². The lowest BCUT2D eigenvalue weighted by molar-refractivity contribution is -0.119. The summed E-state index contributed by atoms with van der Waals surface area (Å²) in [5.41, 5.74) is 2.99. The maximum absolute atomic E-state index is 12.1. The van der Waals surface area contributed by atoms with Gasteiger partial charge in [-0.1, -0.05) is 11.6 Å². The van der Waals surface area contributed by atoms with Gasteiger partial charge < -0.3 is 14.5 Å². The standard InChI is InChI=1S/C18H15ClN2O3/c19-13-3-6-16-15(9-13)21-18(24-16)11-1-4-14(5-2-11)20-17(22)12-7-8-23-10-12/h1-6,9,12H,7-8,10H2,(H,20,22). The molecule has 3 aromatic rings. The second kappa shape index (κ2) is 6.26. The number of halogens is 1. The number of hydrogen-bond donors (Lipinski definition) is 1. The number of oxazole rings is 1. The largest absolute Gasteiger partial charge is 0.436 e. The molecule has 122 valence electrons. The van der Waals surface area contributed by atoms with Gasteiger partial charge in [-0.3, -0.25) is 4.79 Å². The number of fused-ring (bicyclic) bond motifs is 1. The van der Waals surface area contributed by atoms with Crippen LogP contribution in [0.5, 0.6) is 0 Å². The SMILES string of the molecule is O=C(Nc1ccc(-c2nc3cc(Cl)ccc3o2)cc1)C1CCOC1. The van der Waals surface area contributed by atoms with Gasteiger partial charge in [0.1, 0.15) is 5.52 Å². The molecular formula is C18H15ClN2O3. The van der Waals surface area contributed by atoms with Crippen LogP contribution in [0.2, 0.25) is 5.02 Å². The maximum atomic E-state index is 12.1. The van der Waals surface area contributed by atoms with Crippen LogP contribution in [-0.4, -0.2) is 24.1 Å². The van der Waals surface area contributed by atoms with Crippen LogP contribution in [-0.2, 0) is 9.53 Å². The van der Waals surface area contributed by atoms with Gasteiger partial charge in [-0.25, -0.2) is 4.98 Å². The number of carbonyl (C=O) groups is 1. The first kappa shape index (κ1) is 15.2. The van der Waals surface area contributed by atoms with Crippen molar-refractivity contribution in [3.8, 4) is 11.5 Å². The molecule has 1 amide bonds. The molecule has 0 spiro atoms. The molecule has 1 aliphatic rings. The van der Waals surface area contributed by atoms with Gasteiger partial charge in [-0.15, -0.1) is 0 Å². The molecule has 1 saturated heterocycles. The zero-order valence-electron chi connectivity index (χ0n) is 12.8. The van der Waals surface area contributed by atoms with Gasteiger partial charge in [0.15, 0.2) is 5.58 Å². The first-order valence-corrected chi connectivity index (χ1v) is 8.12. The zero-order valence-corrected chi connectivity index (χ0v) is 13.5. The maximum Gasteiger partial charge on any atom is 0.229 e. The summed E-state index contributed by atoms with van der Waals surface area (Å²) in [6.07, 6.45) is 0.773. The van der Waals surface area contributed by atoms with Crippen molar-refractivity contribution in [1.82, 2.24) is 4.98 Å². The fourth-order valence-corrected chi connectivity index (χ4v) is 2.87. The van der Waals surface area contributed by atoms with Crippen molar-refractivity contribution < 1.29 is 13.9 Å². The molecule has 0 bridgehead atoms. The van der Waals surface area contributed by atoms with Crippen LogP contribution in [0.4, 0.5) is 5.69 Å². The number of benzene rings is 2. The van der Waals surface area contributed by atoms with Crippen LogP contribution in [0.15, 0.2) is 46.9 Å². The Labute approximate surface area is 143 Å². The average Bonchev–Trinajstić information content (AvgIpc) is 3.24. The summed E-state index contributed by atoms with van der Waals surface area (Å²) < 4.78 is 11.0. The quantitative estimate of drug-likeness (QED) is 0.777. The van der Waals surface area contributed by atoms with Crippen LogP contribution < -0.4 is 5.32 Å². The van der Waals surface area contributed by atoms with Crippen LogP contribution >= 0.6 is 11.6 Å². The summed E-state index contributed by atoms with van der Waals surface area (Å²) in [6.45, 7) is 1.15. The van der Waals surface area contributed by atoms with Crippen LogP contribution in [0.25, 0.3) is 22.6 Å². The van der Waals surface area contributed by atoms with Crippen LogP contribution in [0, 0.1) is 5.92 Å². The van der Waals surface area contributed by atoms with E-state index in [0.717, 1.165) is 23.2 Å². The number of aromatic nitrogens is 1. The summed E-state index contributed by atoms with van der Waals surface area (Å²) in [5, 5.41) is 3.53. The third kappa shape index (κ3) is 3.00. The Morgan fingerprint density at radius 2 is 2.04 bits per heavy atom. The predicted octanol–water partition coefficient (Wildman–Crippen LogP) is 4.12. The normalized spacial score (nSPS) is 17.3. The topological polar surface area (TPSA) is 64.4 Å². The van der Waals surface area contributed by atoms with Gasteiger partial charge in [-0.05, 0) is 48.9 Å². The molecule has 0 aliphatic carbocycles. The fraction of sp³-hybridized carbons (Fsp3) is 0.222. The molecular weight excluding hydrogens is 328 g/mol. The minimum absolute atomic E-state index is 0.00301. The lowest BCUT2D eigenvalue weighted by Crippen LogP contribution is -2.22. The molecule has 1 atom stereocenters. The number of rotatable bonds is 3. The van der Waals surface area contributed by atoms with E-state index in [-0.39, 0.29) is 11.8 Å². The molecule has 2 aromatic carbocycles. The number of nitrogens with zero attached hydrogens (tertiary/aromatic N) is 1. The number of amides is 1. The Hall–Kier alpha value is -2.37. The summed E-state index contributed by atoms with van der Waals surface area (Å²) in [5.74, 6) is 0.456. The fourth-order valence-electron chi connectivity index (χ4n) is 2.71. The summed E-state index contributed by atoms with van der Waals surface area (Å²) >= 11 is 5.97. The molecule has 24 heavy (non-hydrogen) atoms. The molecule has 1 N–H and O–H groups in total. The highest BCUT2D eigenvalue weighted by Crippen LogP contribution is 2.27. The van der Waals surface area contributed by atoms with Crippen LogP contribution in [0.3, 0.4) is 0 Å². The van der Waals surface area contributed by atoms with Gasteiger partial charge in [-0.2, -0.15) is 0 Å². The Kier molecular flexibility index (Phi) is 3.96. The van der Waals surface area contributed by atoms with Gasteiger partial charge in [0, 0.05) is 22.9 Å². The van der Waals surface area contributed by atoms with Gasteiger partial charge in [0.2, 0.25) is 11.8 Å². The molecule has 1 aromatic heterocycles. The van der Waals surface area contributed by atoms with E-state index in [2.05, 4.69) is 10.3 Å². The van der Waals surface area contributed by atoms with E-state index in [1.807, 2.05) is 24.3 Å². The van der Waals surface area contributed by atoms with E-state index >= 15 is 0 Å². The van der Waals surface area contributed by atoms with E-state index < -0.39 is 0 Å². The number of nitrogens with one attached hydrogen (secondary N) is 1. The second-order valence-electron chi connectivity index (χ2n) is 5.76. The Morgan fingerprint density at radius 3 is 2.79 bits per heavy atom. The van der Waals surface area contributed by atoms with Crippen molar-refractivity contribution in [2.24, 2.45) is 5.92 Å². The first-order chi connectivity index (χ1) is 11.7. The van der Waals surface area contributed by atoms with E-state index in [4.69, 9.17) is 20.8 Å². The third-order valence-electron chi connectivity index (χ3n) is 4.05. The van der Waals surface area contributed by atoms with Gasteiger partial charge >= 0.3 is 0 Å². The average molecular weight is 343 g/mol. The smallest absolute Gasteiger partial charge is 0.229 e. The predicted molar refractivity (Wildman–Crippen MR) is 92.0 cm³/mol. The third-order valence-corrected chi connectivity index (χ3v) is 4.28. The van der Waals surface area contributed by atoms with Crippen molar-refractivity contribution in [3.63, 3.8) is 0 Å². The molecule has 1 fully saturated rings. The van der Waals surface area contributed by atoms with Gasteiger partial charge in [0.25, 0.3) is 0 Å². The monoisotopic (exact) mass is 342 g/mol. The highest BCUT2D eigenvalue weighted by atomic mass is 35.5. The minimum atomic E-state index is -0.0635. The Balaban J connectivity index is 1.53. The van der Waals surface area contributed by atoms with Crippen LogP contribution in [0.1, 0.15) is 6.42 Å². The second-order valence-corrected chi connectivity index (χ2v) is 6.19. The lowest BCUT2D eigenvalue weighted by Gasteiger charge is -2.09.